The molecule has 0 bridgehead atoms. The zero-order valence-electron chi connectivity index (χ0n) is 12.3. The molecule has 0 aromatic heterocycles. The smallest absolute Gasteiger partial charge is 0.0701 e. The fourth-order valence-electron chi connectivity index (χ4n) is 1.23. The fourth-order valence-corrected chi connectivity index (χ4v) is 1.23. The fraction of sp³-hybridized carbons (Fsp3) is 1.00. The summed E-state index contributed by atoms with van der Waals surface area (Å²) < 4.78 is 26.1. The third-order valence-corrected chi connectivity index (χ3v) is 2.22. The van der Waals surface area contributed by atoms with E-state index in [4.69, 9.17) is 23.7 Å². The van der Waals surface area contributed by atoms with Crippen LogP contribution in [0.2, 0.25) is 0 Å². The van der Waals surface area contributed by atoms with Crippen molar-refractivity contribution < 1.29 is 23.7 Å². The van der Waals surface area contributed by atoms with Gasteiger partial charge in [0.25, 0.3) is 0 Å². The number of methoxy groups -OCH3 is 1. The zero-order valence-corrected chi connectivity index (χ0v) is 12.3. The summed E-state index contributed by atoms with van der Waals surface area (Å²) in [4.78, 5) is 0. The molecule has 116 valence electrons. The van der Waals surface area contributed by atoms with Crippen LogP contribution >= 0.6 is 0 Å². The lowest BCUT2D eigenvalue weighted by atomic mass is 10.6. The number of rotatable bonds is 16. The van der Waals surface area contributed by atoms with Gasteiger partial charge in [0.15, 0.2) is 0 Å². The van der Waals surface area contributed by atoms with Gasteiger partial charge in [-0.1, -0.05) is 6.92 Å². The first-order chi connectivity index (χ1) is 9.41. The lowest BCUT2D eigenvalue weighted by Crippen LogP contribution is -2.20. The Kier molecular flexibility index (Phi) is 17.5. The van der Waals surface area contributed by atoms with E-state index in [0.29, 0.717) is 52.9 Å². The highest BCUT2D eigenvalue weighted by Gasteiger charge is 1.92. The molecule has 0 aromatic rings. The van der Waals surface area contributed by atoms with Gasteiger partial charge in [-0.2, -0.15) is 0 Å². The highest BCUT2D eigenvalue weighted by molar-refractivity contribution is 4.40. The molecule has 0 unspecified atom stereocenters. The van der Waals surface area contributed by atoms with Crippen molar-refractivity contribution in [3.63, 3.8) is 0 Å². The molecule has 0 amide bonds. The van der Waals surface area contributed by atoms with Crippen molar-refractivity contribution in [2.75, 3.05) is 79.7 Å². The Hall–Kier alpha value is -0.240. The maximum Gasteiger partial charge on any atom is 0.0701 e. The summed E-state index contributed by atoms with van der Waals surface area (Å²) in [6.45, 7) is 9.51. The maximum absolute atomic E-state index is 5.36. The van der Waals surface area contributed by atoms with E-state index in [0.717, 1.165) is 19.7 Å². The number of hydrogen-bond donors (Lipinski definition) is 1. The van der Waals surface area contributed by atoms with Gasteiger partial charge in [-0.05, 0) is 6.54 Å². The largest absolute Gasteiger partial charge is 0.382 e. The maximum atomic E-state index is 5.36. The minimum absolute atomic E-state index is 0.588. The quantitative estimate of drug-likeness (QED) is 0.410. The molecule has 0 aromatic carbocycles. The van der Waals surface area contributed by atoms with E-state index in [-0.39, 0.29) is 0 Å². The standard InChI is InChI=1S/C13H29NO5/c1-3-14-4-5-16-8-9-18-12-13-19-11-10-17-7-6-15-2/h14H,3-13H2,1-2H3. The highest BCUT2D eigenvalue weighted by atomic mass is 16.6. The Labute approximate surface area is 116 Å². The third kappa shape index (κ3) is 17.8. The number of ether oxygens (including phenoxy) is 5. The topological polar surface area (TPSA) is 58.2 Å². The van der Waals surface area contributed by atoms with E-state index < -0.39 is 0 Å². The Morgan fingerprint density at radius 3 is 1.47 bits per heavy atom. The van der Waals surface area contributed by atoms with Crippen LogP contribution in [0.25, 0.3) is 0 Å². The van der Waals surface area contributed by atoms with Gasteiger partial charge in [0.2, 0.25) is 0 Å². The van der Waals surface area contributed by atoms with E-state index >= 15 is 0 Å². The van der Waals surface area contributed by atoms with Gasteiger partial charge in [-0.15, -0.1) is 0 Å². The second-order valence-corrected chi connectivity index (χ2v) is 3.80. The Bertz CT molecular complexity index is 144. The van der Waals surface area contributed by atoms with Crippen molar-refractivity contribution in [1.82, 2.24) is 5.32 Å². The Morgan fingerprint density at radius 1 is 0.632 bits per heavy atom. The van der Waals surface area contributed by atoms with Crippen molar-refractivity contribution in [1.29, 1.82) is 0 Å². The van der Waals surface area contributed by atoms with Gasteiger partial charge < -0.3 is 29.0 Å². The van der Waals surface area contributed by atoms with E-state index in [1.807, 2.05) is 0 Å². The minimum atomic E-state index is 0.588. The molecule has 0 radical (unpaired) electrons. The predicted molar refractivity (Wildman–Crippen MR) is 73.7 cm³/mol. The molecular weight excluding hydrogens is 250 g/mol. The molecule has 6 heteroatoms. The molecule has 1 N–H and O–H groups in total. The summed E-state index contributed by atoms with van der Waals surface area (Å²) in [7, 11) is 1.65. The molecule has 0 aliphatic heterocycles. The minimum Gasteiger partial charge on any atom is -0.382 e. The van der Waals surface area contributed by atoms with Crippen LogP contribution < -0.4 is 5.32 Å². The van der Waals surface area contributed by atoms with Crippen LogP contribution in [0.3, 0.4) is 0 Å². The van der Waals surface area contributed by atoms with Crippen molar-refractivity contribution >= 4 is 0 Å². The lowest BCUT2D eigenvalue weighted by Gasteiger charge is -2.07. The molecule has 0 saturated heterocycles. The first kappa shape index (κ1) is 18.8. The monoisotopic (exact) mass is 279 g/mol. The molecule has 0 aliphatic rings. The molecule has 0 spiro atoms. The molecule has 6 nitrogen and oxygen atoms in total. The van der Waals surface area contributed by atoms with Crippen LogP contribution in [0.15, 0.2) is 0 Å². The molecule has 19 heavy (non-hydrogen) atoms. The van der Waals surface area contributed by atoms with Gasteiger partial charge in [0, 0.05) is 13.7 Å². The third-order valence-electron chi connectivity index (χ3n) is 2.22. The summed E-state index contributed by atoms with van der Waals surface area (Å²) in [5.74, 6) is 0. The summed E-state index contributed by atoms with van der Waals surface area (Å²) >= 11 is 0. The van der Waals surface area contributed by atoms with Crippen LogP contribution in [0.5, 0.6) is 0 Å². The van der Waals surface area contributed by atoms with Gasteiger partial charge in [-0.25, -0.2) is 0 Å². The molecule has 0 rings (SSSR count). The van der Waals surface area contributed by atoms with E-state index in [1.54, 1.807) is 7.11 Å². The Morgan fingerprint density at radius 2 is 1.05 bits per heavy atom. The van der Waals surface area contributed by atoms with E-state index in [9.17, 15) is 0 Å². The van der Waals surface area contributed by atoms with Gasteiger partial charge in [0.05, 0.1) is 59.5 Å². The van der Waals surface area contributed by atoms with Crippen molar-refractivity contribution in [2.24, 2.45) is 0 Å². The van der Waals surface area contributed by atoms with Crippen molar-refractivity contribution in [3.05, 3.63) is 0 Å². The number of nitrogens with one attached hydrogen (secondary N) is 1. The predicted octanol–water partition coefficient (Wildman–Crippen LogP) is 0.309. The highest BCUT2D eigenvalue weighted by Crippen LogP contribution is 1.83. The molecule has 0 fully saturated rings. The van der Waals surface area contributed by atoms with Crippen LogP contribution in [-0.2, 0) is 23.7 Å². The molecule has 0 atom stereocenters. The molecule has 0 saturated carbocycles. The summed E-state index contributed by atoms with van der Waals surface area (Å²) in [5, 5.41) is 3.19. The van der Waals surface area contributed by atoms with Gasteiger partial charge >= 0.3 is 0 Å². The number of likely N-dealkylation sites (N-methyl/N-ethyl adjacent to an activating group) is 1. The van der Waals surface area contributed by atoms with Crippen LogP contribution in [-0.4, -0.2) is 79.7 Å². The first-order valence-corrected chi connectivity index (χ1v) is 6.92. The zero-order chi connectivity index (χ0) is 14.0. The summed E-state index contributed by atoms with van der Waals surface area (Å²) in [5.41, 5.74) is 0. The van der Waals surface area contributed by atoms with Crippen molar-refractivity contribution in [2.45, 2.75) is 6.92 Å². The molecular formula is C13H29NO5. The first-order valence-electron chi connectivity index (χ1n) is 6.92. The second-order valence-electron chi connectivity index (χ2n) is 3.80. The van der Waals surface area contributed by atoms with Crippen molar-refractivity contribution in [3.8, 4) is 0 Å². The lowest BCUT2D eigenvalue weighted by molar-refractivity contribution is -0.00747. The van der Waals surface area contributed by atoms with Crippen LogP contribution in [0.4, 0.5) is 0 Å². The molecule has 0 heterocycles. The van der Waals surface area contributed by atoms with Crippen LogP contribution in [0, 0.1) is 0 Å². The number of hydrogen-bond acceptors (Lipinski definition) is 6. The van der Waals surface area contributed by atoms with Gasteiger partial charge in [0.1, 0.15) is 0 Å². The SMILES string of the molecule is CCNCCOCCOCCOCCOCCOC. The Balaban J connectivity index is 2.88. The van der Waals surface area contributed by atoms with E-state index in [1.165, 1.54) is 0 Å². The van der Waals surface area contributed by atoms with E-state index in [2.05, 4.69) is 12.2 Å². The summed E-state index contributed by atoms with van der Waals surface area (Å²) in [6, 6.07) is 0. The second kappa shape index (κ2) is 17.8. The summed E-state index contributed by atoms with van der Waals surface area (Å²) in [6.07, 6.45) is 0. The van der Waals surface area contributed by atoms with Crippen LogP contribution in [0.1, 0.15) is 6.92 Å². The van der Waals surface area contributed by atoms with Gasteiger partial charge in [-0.3, -0.25) is 0 Å². The normalized spacial score (nSPS) is 11.1. The average molecular weight is 279 g/mol. The average Bonchev–Trinajstić information content (AvgIpc) is 2.43. The molecule has 0 aliphatic carbocycles.